The first-order chi connectivity index (χ1) is 5.45. The molecule has 0 aliphatic rings. The lowest BCUT2D eigenvalue weighted by Gasteiger charge is -2.02. The quantitative estimate of drug-likeness (QED) is 0.540. The van der Waals surface area contributed by atoms with E-state index in [4.69, 9.17) is 0 Å². The molecule has 0 bridgehead atoms. The number of nitrogens with one attached hydrogen (secondary N) is 1. The molecule has 12 heavy (non-hydrogen) atoms. The molecule has 0 heterocycles. The number of rotatable bonds is 4. The minimum Gasteiger partial charge on any atom is -0.450 e. The molecule has 0 aromatic heterocycles. The molecule has 7 heteroatoms. The Labute approximate surface area is 75.2 Å². The minimum atomic E-state index is -3.09. The normalized spacial score (nSPS) is 10.8. The van der Waals surface area contributed by atoms with E-state index in [0.717, 1.165) is 6.26 Å². The number of alkyl carbamates (subject to hydrolysis) is 1. The van der Waals surface area contributed by atoms with Gasteiger partial charge in [-0.05, 0) is 17.7 Å². The third-order valence-corrected chi connectivity index (χ3v) is 3.09. The van der Waals surface area contributed by atoms with Crippen molar-refractivity contribution in [1.29, 1.82) is 0 Å². The lowest BCUT2D eigenvalue weighted by molar-refractivity contribution is 0.154. The lowest BCUT2D eigenvalue weighted by atomic mass is 10.9. The Morgan fingerprint density at radius 3 is 2.58 bits per heavy atom. The third-order valence-electron chi connectivity index (χ3n) is 0.765. The van der Waals surface area contributed by atoms with Crippen LogP contribution in [-0.4, -0.2) is 33.3 Å². The summed E-state index contributed by atoms with van der Waals surface area (Å²) in [6.07, 6.45) is 0.471. The van der Waals surface area contributed by atoms with E-state index in [2.05, 4.69) is 10.1 Å². The van der Waals surface area contributed by atoms with E-state index in [9.17, 15) is 13.2 Å². The zero-order valence-electron chi connectivity index (χ0n) is 6.86. The van der Waals surface area contributed by atoms with Crippen molar-refractivity contribution in [2.45, 2.75) is 6.92 Å². The summed E-state index contributed by atoms with van der Waals surface area (Å²) in [6, 6.07) is 0. The number of carbonyl (C=O) groups excluding carboxylic acids is 1. The van der Waals surface area contributed by atoms with E-state index >= 15 is 0 Å². The molecule has 0 saturated heterocycles. The van der Waals surface area contributed by atoms with Crippen LogP contribution in [-0.2, 0) is 13.6 Å². The topological polar surface area (TPSA) is 72.5 Å². The van der Waals surface area contributed by atoms with E-state index in [1.807, 2.05) is 0 Å². The Kier molecular flexibility index (Phi) is 5.07. The monoisotopic (exact) mass is 213 g/mol. The second-order valence-electron chi connectivity index (χ2n) is 1.86. The van der Waals surface area contributed by atoms with Gasteiger partial charge in [0.05, 0.1) is 12.5 Å². The average molecular weight is 213 g/mol. The predicted octanol–water partition coefficient (Wildman–Crippen LogP) is 0.383. The largest absolute Gasteiger partial charge is 0.450 e. The van der Waals surface area contributed by atoms with Gasteiger partial charge in [0.1, 0.15) is 0 Å². The van der Waals surface area contributed by atoms with Crippen LogP contribution in [0.4, 0.5) is 4.79 Å². The molecule has 0 aromatic rings. The van der Waals surface area contributed by atoms with Crippen LogP contribution >= 0.6 is 10.8 Å². The van der Waals surface area contributed by atoms with Gasteiger partial charge >= 0.3 is 6.09 Å². The molecular formula is C5H11NO4S2. The number of hydrogen-bond acceptors (Lipinski definition) is 5. The molecule has 1 N–H and O–H groups in total. The molecule has 72 valence electrons. The fourth-order valence-electron chi connectivity index (χ4n) is 0.378. The molecule has 0 rings (SSSR count). The molecule has 0 aromatic carbocycles. The highest BCUT2D eigenvalue weighted by molar-refractivity contribution is 8.71. The summed E-state index contributed by atoms with van der Waals surface area (Å²) in [5.41, 5.74) is 0. The molecule has 5 nitrogen and oxygen atoms in total. The van der Waals surface area contributed by atoms with Crippen LogP contribution in [0, 0.1) is 0 Å². The van der Waals surface area contributed by atoms with Crippen molar-refractivity contribution >= 4 is 25.8 Å². The first-order valence-electron chi connectivity index (χ1n) is 3.20. The van der Waals surface area contributed by atoms with Gasteiger partial charge in [-0.25, -0.2) is 13.2 Å². The van der Waals surface area contributed by atoms with Crippen LogP contribution in [0.15, 0.2) is 0 Å². The maximum absolute atomic E-state index is 10.6. The highest BCUT2D eigenvalue weighted by Gasteiger charge is 2.04. The molecule has 0 saturated carbocycles. The molecule has 0 aliphatic carbocycles. The van der Waals surface area contributed by atoms with Gasteiger partial charge in [0.15, 0.2) is 8.87 Å². The van der Waals surface area contributed by atoms with Crippen LogP contribution in [0.2, 0.25) is 0 Å². The lowest BCUT2D eigenvalue weighted by Crippen LogP contribution is -2.24. The Hall–Kier alpha value is -0.430. The van der Waals surface area contributed by atoms with E-state index in [0.29, 0.717) is 10.8 Å². The van der Waals surface area contributed by atoms with Crippen molar-refractivity contribution in [3.05, 3.63) is 0 Å². The van der Waals surface area contributed by atoms with Gasteiger partial charge in [0.2, 0.25) is 0 Å². The van der Waals surface area contributed by atoms with Gasteiger partial charge in [0, 0.05) is 6.26 Å². The summed E-state index contributed by atoms with van der Waals surface area (Å²) >= 11 is 0. The molecule has 1 amide bonds. The van der Waals surface area contributed by atoms with Gasteiger partial charge < -0.3 is 10.1 Å². The van der Waals surface area contributed by atoms with Gasteiger partial charge in [-0.15, -0.1) is 0 Å². The number of carbonyl (C=O) groups is 1. The Morgan fingerprint density at radius 1 is 1.58 bits per heavy atom. The van der Waals surface area contributed by atoms with Gasteiger partial charge in [-0.2, -0.15) is 0 Å². The number of amides is 1. The highest BCUT2D eigenvalue weighted by Crippen LogP contribution is 2.06. The summed E-state index contributed by atoms with van der Waals surface area (Å²) in [5, 5.41) is 2.26. The van der Waals surface area contributed by atoms with Gasteiger partial charge in [-0.3, -0.25) is 0 Å². The SMILES string of the molecule is CCOC(=O)NCSS(C)(=O)=O. The Morgan fingerprint density at radius 2 is 2.17 bits per heavy atom. The van der Waals surface area contributed by atoms with Crippen molar-refractivity contribution in [2.24, 2.45) is 0 Å². The Balaban J connectivity index is 3.51. The predicted molar refractivity (Wildman–Crippen MR) is 47.5 cm³/mol. The van der Waals surface area contributed by atoms with Crippen LogP contribution in [0.3, 0.4) is 0 Å². The Bertz CT molecular complexity index is 236. The van der Waals surface area contributed by atoms with E-state index in [1.165, 1.54) is 0 Å². The fourth-order valence-corrected chi connectivity index (χ4v) is 1.59. The molecule has 0 aliphatic heterocycles. The van der Waals surface area contributed by atoms with Crippen molar-refractivity contribution in [2.75, 3.05) is 18.7 Å². The van der Waals surface area contributed by atoms with Crippen LogP contribution in [0.1, 0.15) is 6.92 Å². The summed E-state index contributed by atoms with van der Waals surface area (Å²) in [5.74, 6) is 0.0116. The van der Waals surface area contributed by atoms with Crippen LogP contribution < -0.4 is 5.32 Å². The number of hydrogen-bond donors (Lipinski definition) is 1. The van der Waals surface area contributed by atoms with Crippen molar-refractivity contribution in [1.82, 2.24) is 5.32 Å². The van der Waals surface area contributed by atoms with E-state index in [1.54, 1.807) is 6.92 Å². The van der Waals surface area contributed by atoms with Gasteiger partial charge in [-0.1, -0.05) is 0 Å². The molecule has 0 atom stereocenters. The fraction of sp³-hybridized carbons (Fsp3) is 0.800. The van der Waals surface area contributed by atoms with E-state index in [-0.39, 0.29) is 12.5 Å². The van der Waals surface area contributed by atoms with Crippen LogP contribution in [0.5, 0.6) is 0 Å². The van der Waals surface area contributed by atoms with Crippen molar-refractivity contribution in [3.63, 3.8) is 0 Å². The summed E-state index contributed by atoms with van der Waals surface area (Å²) in [4.78, 5) is 10.6. The summed E-state index contributed by atoms with van der Waals surface area (Å²) in [6.45, 7) is 1.94. The first kappa shape index (κ1) is 11.6. The maximum atomic E-state index is 10.6. The molecule has 0 radical (unpaired) electrons. The molecular weight excluding hydrogens is 202 g/mol. The first-order valence-corrected chi connectivity index (χ1v) is 6.60. The smallest absolute Gasteiger partial charge is 0.407 e. The third kappa shape index (κ3) is 7.67. The number of ether oxygens (including phenoxy) is 1. The van der Waals surface area contributed by atoms with Crippen molar-refractivity contribution < 1.29 is 17.9 Å². The standard InChI is InChI=1S/C5H11NO4S2/c1-3-10-5(7)6-4-11-12(2,8)9/h3-4H2,1-2H3,(H,6,7). The van der Waals surface area contributed by atoms with Crippen molar-refractivity contribution in [3.8, 4) is 0 Å². The van der Waals surface area contributed by atoms with Gasteiger partial charge in [0.25, 0.3) is 0 Å². The molecule has 0 fully saturated rings. The molecule has 0 unspecified atom stereocenters. The second kappa shape index (κ2) is 5.26. The molecule has 0 spiro atoms. The second-order valence-corrected chi connectivity index (χ2v) is 6.32. The maximum Gasteiger partial charge on any atom is 0.407 e. The van der Waals surface area contributed by atoms with E-state index < -0.39 is 15.0 Å². The average Bonchev–Trinajstić information content (AvgIpc) is 1.84. The highest BCUT2D eigenvalue weighted by atomic mass is 33.1. The van der Waals surface area contributed by atoms with Crippen LogP contribution in [0.25, 0.3) is 0 Å². The zero-order chi connectivity index (χ0) is 9.61. The summed E-state index contributed by atoms with van der Waals surface area (Å²) < 4.78 is 25.6. The zero-order valence-corrected chi connectivity index (χ0v) is 8.50. The minimum absolute atomic E-state index is 0.0116. The summed E-state index contributed by atoms with van der Waals surface area (Å²) in [7, 11) is -2.44.